The van der Waals surface area contributed by atoms with Gasteiger partial charge in [0.2, 0.25) is 10.0 Å². The van der Waals surface area contributed by atoms with Crippen LogP contribution >= 0.6 is 11.3 Å². The molecule has 0 saturated heterocycles. The summed E-state index contributed by atoms with van der Waals surface area (Å²) in [5.74, 6) is 0. The molecule has 0 saturated carbocycles. The van der Waals surface area contributed by atoms with Crippen LogP contribution in [0.5, 0.6) is 0 Å². The number of sulfonamides is 1. The second kappa shape index (κ2) is 5.95. The Balaban J connectivity index is 2.21. The summed E-state index contributed by atoms with van der Waals surface area (Å²) < 4.78 is 26.5. The van der Waals surface area contributed by atoms with Gasteiger partial charge in [0.15, 0.2) is 0 Å². The van der Waals surface area contributed by atoms with Crippen LogP contribution in [0.15, 0.2) is 40.6 Å². The Kier molecular flexibility index (Phi) is 4.47. The van der Waals surface area contributed by atoms with E-state index in [-0.39, 0.29) is 4.90 Å². The molecule has 0 unspecified atom stereocenters. The van der Waals surface area contributed by atoms with Gasteiger partial charge in [-0.1, -0.05) is 18.2 Å². The summed E-state index contributed by atoms with van der Waals surface area (Å²) >= 11 is 1.63. The number of nitrogens with two attached hydrogens (primary N) is 1. The van der Waals surface area contributed by atoms with Crippen LogP contribution < -0.4 is 5.73 Å². The first-order valence-electron chi connectivity index (χ1n) is 6.26. The number of rotatable bonds is 5. The van der Waals surface area contributed by atoms with Crippen molar-refractivity contribution in [2.45, 2.75) is 18.2 Å². The summed E-state index contributed by atoms with van der Waals surface area (Å²) in [7, 11) is -1.95. The minimum atomic E-state index is -3.54. The van der Waals surface area contributed by atoms with Crippen molar-refractivity contribution in [3.63, 3.8) is 0 Å². The van der Waals surface area contributed by atoms with Gasteiger partial charge in [-0.3, -0.25) is 0 Å². The second-order valence-electron chi connectivity index (χ2n) is 4.65. The molecule has 108 valence electrons. The molecule has 4 nitrogen and oxygen atoms in total. The van der Waals surface area contributed by atoms with E-state index >= 15 is 0 Å². The molecule has 0 fully saturated rings. The SMILES string of the molecule is Cc1cccc(N)c1S(=O)(=O)N(C)CCc1cccs1. The van der Waals surface area contributed by atoms with Crippen LogP contribution in [0.2, 0.25) is 0 Å². The highest BCUT2D eigenvalue weighted by molar-refractivity contribution is 7.89. The molecular formula is C14H18N2O2S2. The van der Waals surface area contributed by atoms with Crippen LogP contribution in [0.4, 0.5) is 5.69 Å². The molecule has 0 atom stereocenters. The van der Waals surface area contributed by atoms with Crippen molar-refractivity contribution in [1.29, 1.82) is 0 Å². The number of aryl methyl sites for hydroxylation is 1. The Morgan fingerprint density at radius 3 is 2.60 bits per heavy atom. The van der Waals surface area contributed by atoms with Crippen LogP contribution in [0.25, 0.3) is 0 Å². The molecule has 0 aliphatic heterocycles. The maximum absolute atomic E-state index is 12.6. The Morgan fingerprint density at radius 1 is 1.25 bits per heavy atom. The van der Waals surface area contributed by atoms with Gasteiger partial charge in [0, 0.05) is 18.5 Å². The van der Waals surface area contributed by atoms with Crippen LogP contribution in [0, 0.1) is 6.92 Å². The lowest BCUT2D eigenvalue weighted by Gasteiger charge is -2.19. The summed E-state index contributed by atoms with van der Waals surface area (Å²) in [6.45, 7) is 2.20. The summed E-state index contributed by atoms with van der Waals surface area (Å²) in [6.07, 6.45) is 0.708. The number of nitrogen functional groups attached to an aromatic ring is 1. The Morgan fingerprint density at radius 2 is 2.00 bits per heavy atom. The lowest BCUT2D eigenvalue weighted by molar-refractivity contribution is 0.473. The molecule has 0 spiro atoms. The van der Waals surface area contributed by atoms with E-state index in [1.54, 1.807) is 43.5 Å². The van der Waals surface area contributed by atoms with E-state index in [1.807, 2.05) is 17.5 Å². The third-order valence-electron chi connectivity index (χ3n) is 3.16. The first-order chi connectivity index (χ1) is 9.43. The molecule has 1 aromatic carbocycles. The molecule has 1 aromatic heterocycles. The fourth-order valence-electron chi connectivity index (χ4n) is 2.03. The Hall–Kier alpha value is -1.37. The smallest absolute Gasteiger partial charge is 0.245 e. The zero-order valence-electron chi connectivity index (χ0n) is 11.5. The second-order valence-corrected chi connectivity index (χ2v) is 7.66. The zero-order chi connectivity index (χ0) is 14.8. The molecule has 2 rings (SSSR count). The molecule has 0 bridgehead atoms. The average Bonchev–Trinajstić information content (AvgIpc) is 2.88. The predicted octanol–water partition coefficient (Wildman–Crippen LogP) is 2.50. The van der Waals surface area contributed by atoms with Crippen LogP contribution in [-0.2, 0) is 16.4 Å². The average molecular weight is 310 g/mol. The molecule has 0 aliphatic rings. The number of thiophene rings is 1. The van der Waals surface area contributed by atoms with E-state index in [2.05, 4.69) is 0 Å². The number of likely N-dealkylation sites (N-methyl/N-ethyl adjacent to an activating group) is 1. The van der Waals surface area contributed by atoms with Gasteiger partial charge < -0.3 is 5.73 Å². The summed E-state index contributed by atoms with van der Waals surface area (Å²) in [5.41, 5.74) is 6.81. The van der Waals surface area contributed by atoms with Gasteiger partial charge in [0.05, 0.1) is 5.69 Å². The molecule has 20 heavy (non-hydrogen) atoms. The zero-order valence-corrected chi connectivity index (χ0v) is 13.2. The largest absolute Gasteiger partial charge is 0.398 e. The number of anilines is 1. The van der Waals surface area contributed by atoms with E-state index < -0.39 is 10.0 Å². The number of benzene rings is 1. The lowest BCUT2D eigenvalue weighted by atomic mass is 10.2. The third kappa shape index (κ3) is 3.03. The standard InChI is InChI=1S/C14H18N2O2S2/c1-11-5-3-7-13(15)14(11)20(17,18)16(2)9-8-12-6-4-10-19-12/h3-7,10H,8-9,15H2,1-2H3. The molecule has 0 aliphatic carbocycles. The van der Waals surface area contributed by atoms with E-state index in [0.29, 0.717) is 24.2 Å². The monoisotopic (exact) mass is 310 g/mol. The summed E-state index contributed by atoms with van der Waals surface area (Å²) in [5, 5.41) is 1.99. The van der Waals surface area contributed by atoms with Crippen molar-refractivity contribution in [3.05, 3.63) is 46.2 Å². The summed E-state index contributed by atoms with van der Waals surface area (Å²) in [6, 6.07) is 9.11. The van der Waals surface area contributed by atoms with Crippen LogP contribution in [-0.4, -0.2) is 26.3 Å². The van der Waals surface area contributed by atoms with E-state index in [1.165, 1.54) is 9.18 Å². The van der Waals surface area contributed by atoms with Gasteiger partial charge in [-0.05, 0) is 36.4 Å². The van der Waals surface area contributed by atoms with Crippen LogP contribution in [0.3, 0.4) is 0 Å². The van der Waals surface area contributed by atoms with Gasteiger partial charge in [-0.25, -0.2) is 12.7 Å². The summed E-state index contributed by atoms with van der Waals surface area (Å²) in [4.78, 5) is 1.39. The fourth-order valence-corrected chi connectivity index (χ4v) is 4.21. The maximum atomic E-state index is 12.6. The highest BCUT2D eigenvalue weighted by atomic mass is 32.2. The molecule has 2 aromatic rings. The van der Waals surface area contributed by atoms with Crippen molar-refractivity contribution in [1.82, 2.24) is 4.31 Å². The third-order valence-corrected chi connectivity index (χ3v) is 6.18. The fraction of sp³-hybridized carbons (Fsp3) is 0.286. The normalized spacial score (nSPS) is 11.9. The molecule has 0 amide bonds. The number of hydrogen-bond donors (Lipinski definition) is 1. The van der Waals surface area contributed by atoms with Crippen molar-refractivity contribution in [2.75, 3.05) is 19.3 Å². The van der Waals surface area contributed by atoms with Gasteiger partial charge >= 0.3 is 0 Å². The molecule has 0 radical (unpaired) electrons. The van der Waals surface area contributed by atoms with Crippen molar-refractivity contribution < 1.29 is 8.42 Å². The minimum Gasteiger partial charge on any atom is -0.398 e. The van der Waals surface area contributed by atoms with Gasteiger partial charge in [-0.2, -0.15) is 0 Å². The first-order valence-corrected chi connectivity index (χ1v) is 8.58. The van der Waals surface area contributed by atoms with Gasteiger partial charge in [-0.15, -0.1) is 11.3 Å². The van der Waals surface area contributed by atoms with Gasteiger partial charge in [0.25, 0.3) is 0 Å². The minimum absolute atomic E-state index is 0.216. The first kappa shape index (κ1) is 15.0. The number of nitrogens with zero attached hydrogens (tertiary/aromatic N) is 1. The molecular weight excluding hydrogens is 292 g/mol. The molecule has 1 heterocycles. The topological polar surface area (TPSA) is 63.4 Å². The quantitative estimate of drug-likeness (QED) is 0.863. The highest BCUT2D eigenvalue weighted by Gasteiger charge is 2.24. The van der Waals surface area contributed by atoms with Crippen LogP contribution in [0.1, 0.15) is 10.4 Å². The van der Waals surface area contributed by atoms with Crippen molar-refractivity contribution in [3.8, 4) is 0 Å². The Labute approximate surface area is 123 Å². The van der Waals surface area contributed by atoms with Crippen molar-refractivity contribution in [2.24, 2.45) is 0 Å². The predicted molar refractivity (Wildman–Crippen MR) is 83.4 cm³/mol. The number of hydrogen-bond acceptors (Lipinski definition) is 4. The van der Waals surface area contributed by atoms with E-state index in [4.69, 9.17) is 5.73 Å². The lowest BCUT2D eigenvalue weighted by Crippen LogP contribution is -2.30. The van der Waals surface area contributed by atoms with E-state index in [9.17, 15) is 8.42 Å². The van der Waals surface area contributed by atoms with Gasteiger partial charge in [0.1, 0.15) is 4.90 Å². The molecule has 6 heteroatoms. The highest BCUT2D eigenvalue weighted by Crippen LogP contribution is 2.25. The maximum Gasteiger partial charge on any atom is 0.245 e. The van der Waals surface area contributed by atoms with Crippen molar-refractivity contribution >= 4 is 27.0 Å². The Bertz CT molecular complexity index is 659. The van der Waals surface area contributed by atoms with E-state index in [0.717, 1.165) is 0 Å². The molecule has 2 N–H and O–H groups in total.